The molecule has 0 radical (unpaired) electrons. The Hall–Kier alpha value is -2.47. The zero-order valence-electron chi connectivity index (χ0n) is 23.3. The molecular weight excluding hydrogens is 468 g/mol. The molecule has 3 rings (SSSR count). The van der Waals surface area contributed by atoms with Crippen LogP contribution in [0.25, 0.3) is 0 Å². The Morgan fingerprint density at radius 3 is 2.30 bits per heavy atom. The molecular formula is C31H44O6. The SMILES string of the molecule is C=C(C(=O)C[C@@](C)(O)[C@H]1CC[C@@]2(C)C3=CC[C@H](C(=C)C)[C@](C)(CCC(=O)O)C3=CC[C@]12C)[C@@H](C)C(=O)O. The molecule has 0 bridgehead atoms. The van der Waals surface area contributed by atoms with Gasteiger partial charge in [0.15, 0.2) is 5.78 Å². The predicted octanol–water partition coefficient (Wildman–Crippen LogP) is 6.12. The van der Waals surface area contributed by atoms with E-state index in [9.17, 15) is 29.7 Å². The van der Waals surface area contributed by atoms with Crippen LogP contribution in [-0.2, 0) is 14.4 Å². The molecule has 0 aromatic carbocycles. The second-order valence-corrected chi connectivity index (χ2v) is 12.8. The minimum atomic E-state index is -1.32. The third kappa shape index (κ3) is 4.67. The molecule has 0 aliphatic heterocycles. The maximum Gasteiger partial charge on any atom is 0.310 e. The number of carbonyl (C=O) groups is 3. The molecule has 0 saturated heterocycles. The maximum atomic E-state index is 12.9. The van der Waals surface area contributed by atoms with Crippen LogP contribution >= 0.6 is 0 Å². The molecule has 0 amide bonds. The molecule has 204 valence electrons. The zero-order valence-corrected chi connectivity index (χ0v) is 23.3. The maximum absolute atomic E-state index is 12.9. The summed E-state index contributed by atoms with van der Waals surface area (Å²) in [5.74, 6) is -3.33. The van der Waals surface area contributed by atoms with Crippen molar-refractivity contribution in [1.82, 2.24) is 0 Å². The lowest BCUT2D eigenvalue weighted by Gasteiger charge is -2.57. The lowest BCUT2D eigenvalue weighted by Crippen LogP contribution is -2.51. The number of carbonyl (C=O) groups excluding carboxylic acids is 1. The van der Waals surface area contributed by atoms with Gasteiger partial charge in [-0.3, -0.25) is 14.4 Å². The summed E-state index contributed by atoms with van der Waals surface area (Å²) in [6.45, 7) is 19.7. The average molecular weight is 513 g/mol. The number of fused-ring (bicyclic) bond motifs is 3. The Balaban J connectivity index is 1.98. The van der Waals surface area contributed by atoms with Crippen LogP contribution in [0, 0.1) is 34.0 Å². The molecule has 0 unspecified atom stereocenters. The van der Waals surface area contributed by atoms with Crippen molar-refractivity contribution in [2.75, 3.05) is 0 Å². The van der Waals surface area contributed by atoms with E-state index in [1.54, 1.807) is 6.92 Å². The van der Waals surface area contributed by atoms with Crippen LogP contribution in [0.1, 0.15) is 86.5 Å². The van der Waals surface area contributed by atoms with Gasteiger partial charge < -0.3 is 15.3 Å². The van der Waals surface area contributed by atoms with E-state index in [2.05, 4.69) is 46.1 Å². The summed E-state index contributed by atoms with van der Waals surface area (Å²) in [5, 5.41) is 30.5. The number of rotatable bonds is 10. The molecule has 0 heterocycles. The van der Waals surface area contributed by atoms with Gasteiger partial charge in [0, 0.05) is 18.4 Å². The summed E-state index contributed by atoms with van der Waals surface area (Å²) in [6.07, 6.45) is 8.13. The highest BCUT2D eigenvalue weighted by Gasteiger charge is 2.63. The van der Waals surface area contributed by atoms with Crippen LogP contribution in [0.3, 0.4) is 0 Å². The standard InChI is InChI=1S/C31H44O6/c1-18(2)21-9-10-23-22(28(21,5)14-13-26(33)34)11-15-30(7)25(12-16-29(23,30)6)31(8,37)17-24(32)19(3)20(4)27(35)36/h10-11,20-21,25,37H,1,3,9,12-17H2,2,4-8H3,(H,33,34)(H,35,36)/t20-,21-,25+,28+,29+,30-,31-/m1/s1. The second kappa shape index (κ2) is 9.68. The Morgan fingerprint density at radius 2 is 1.76 bits per heavy atom. The van der Waals surface area contributed by atoms with E-state index in [1.165, 1.54) is 18.1 Å². The summed E-state index contributed by atoms with van der Waals surface area (Å²) in [7, 11) is 0. The van der Waals surface area contributed by atoms with Crippen LogP contribution in [0.2, 0.25) is 0 Å². The van der Waals surface area contributed by atoms with Gasteiger partial charge in [0.2, 0.25) is 0 Å². The first-order chi connectivity index (χ1) is 16.9. The predicted molar refractivity (Wildman–Crippen MR) is 144 cm³/mol. The van der Waals surface area contributed by atoms with Crippen LogP contribution in [-0.4, -0.2) is 38.6 Å². The third-order valence-electron chi connectivity index (χ3n) is 10.5. The van der Waals surface area contributed by atoms with Gasteiger partial charge in [-0.1, -0.05) is 51.7 Å². The smallest absolute Gasteiger partial charge is 0.310 e. The van der Waals surface area contributed by atoms with Gasteiger partial charge in [0.1, 0.15) is 0 Å². The number of carboxylic acids is 2. The molecule has 6 heteroatoms. The van der Waals surface area contributed by atoms with E-state index in [1.807, 2.05) is 6.92 Å². The van der Waals surface area contributed by atoms with Gasteiger partial charge >= 0.3 is 11.9 Å². The number of allylic oxidation sites excluding steroid dienone is 5. The topological polar surface area (TPSA) is 112 Å². The number of hydrogen-bond donors (Lipinski definition) is 3. The minimum absolute atomic E-state index is 0.0135. The van der Waals surface area contributed by atoms with Crippen molar-refractivity contribution in [3.8, 4) is 0 Å². The van der Waals surface area contributed by atoms with E-state index in [-0.39, 0.29) is 46.5 Å². The van der Waals surface area contributed by atoms with Crippen LogP contribution in [0.15, 0.2) is 47.6 Å². The van der Waals surface area contributed by atoms with Crippen molar-refractivity contribution in [3.05, 3.63) is 47.6 Å². The van der Waals surface area contributed by atoms with Crippen molar-refractivity contribution in [3.63, 3.8) is 0 Å². The first-order valence-electron chi connectivity index (χ1n) is 13.4. The largest absolute Gasteiger partial charge is 0.481 e. The highest BCUT2D eigenvalue weighted by molar-refractivity contribution is 6.00. The molecule has 3 N–H and O–H groups in total. The Bertz CT molecular complexity index is 1090. The van der Waals surface area contributed by atoms with Gasteiger partial charge in [-0.2, -0.15) is 0 Å². The molecule has 37 heavy (non-hydrogen) atoms. The molecule has 3 aliphatic carbocycles. The van der Waals surface area contributed by atoms with Gasteiger partial charge in [-0.25, -0.2) is 0 Å². The number of Topliss-reactive ketones (excluding diaryl/α,β-unsaturated/α-hetero) is 1. The molecule has 0 aromatic rings. The van der Waals surface area contributed by atoms with Gasteiger partial charge in [0.25, 0.3) is 0 Å². The summed E-state index contributed by atoms with van der Waals surface area (Å²) in [6, 6.07) is 0. The fourth-order valence-corrected chi connectivity index (χ4v) is 7.88. The minimum Gasteiger partial charge on any atom is -0.481 e. The van der Waals surface area contributed by atoms with Crippen molar-refractivity contribution in [2.24, 2.45) is 34.0 Å². The number of carboxylic acid groups (broad SMARTS) is 2. The van der Waals surface area contributed by atoms with E-state index in [4.69, 9.17) is 0 Å². The van der Waals surface area contributed by atoms with Crippen molar-refractivity contribution < 1.29 is 29.7 Å². The summed E-state index contributed by atoms with van der Waals surface area (Å²) < 4.78 is 0. The second-order valence-electron chi connectivity index (χ2n) is 12.8. The molecule has 0 spiro atoms. The van der Waals surface area contributed by atoms with Crippen LogP contribution < -0.4 is 0 Å². The Morgan fingerprint density at radius 1 is 1.14 bits per heavy atom. The normalized spacial score (nSPS) is 35.2. The molecule has 1 fully saturated rings. The van der Waals surface area contributed by atoms with Gasteiger partial charge in [-0.15, -0.1) is 0 Å². The van der Waals surface area contributed by atoms with Gasteiger partial charge in [-0.05, 0) is 92.1 Å². The third-order valence-corrected chi connectivity index (χ3v) is 10.5. The number of aliphatic carboxylic acids is 2. The lowest BCUT2D eigenvalue weighted by molar-refractivity contribution is -0.141. The fourth-order valence-electron chi connectivity index (χ4n) is 7.88. The number of ketones is 1. The molecule has 7 atom stereocenters. The van der Waals surface area contributed by atoms with Crippen molar-refractivity contribution in [2.45, 2.75) is 92.1 Å². The quantitative estimate of drug-likeness (QED) is 0.240. The van der Waals surface area contributed by atoms with E-state index in [0.29, 0.717) is 12.8 Å². The monoisotopic (exact) mass is 512 g/mol. The fraction of sp³-hybridized carbons (Fsp3) is 0.645. The molecule has 1 saturated carbocycles. The number of hydrogen-bond acceptors (Lipinski definition) is 4. The Labute approximate surface area is 221 Å². The van der Waals surface area contributed by atoms with Crippen LogP contribution in [0.5, 0.6) is 0 Å². The first-order valence-corrected chi connectivity index (χ1v) is 13.4. The summed E-state index contributed by atoms with van der Waals surface area (Å²) >= 11 is 0. The average Bonchev–Trinajstić information content (AvgIpc) is 3.08. The summed E-state index contributed by atoms with van der Waals surface area (Å²) in [4.78, 5) is 35.8. The van der Waals surface area contributed by atoms with Crippen LogP contribution in [0.4, 0.5) is 0 Å². The highest BCUT2D eigenvalue weighted by Crippen LogP contribution is 2.70. The lowest BCUT2D eigenvalue weighted by atomic mass is 9.47. The molecule has 0 aromatic heterocycles. The van der Waals surface area contributed by atoms with Crippen molar-refractivity contribution in [1.29, 1.82) is 0 Å². The first kappa shape index (κ1) is 29.1. The number of aliphatic hydroxyl groups is 1. The Kier molecular flexibility index (Phi) is 7.61. The van der Waals surface area contributed by atoms with Crippen molar-refractivity contribution >= 4 is 17.7 Å². The zero-order chi connectivity index (χ0) is 28.1. The van der Waals surface area contributed by atoms with E-state index in [0.717, 1.165) is 24.8 Å². The van der Waals surface area contributed by atoms with E-state index >= 15 is 0 Å². The highest BCUT2D eigenvalue weighted by atomic mass is 16.4. The molecule has 3 aliphatic rings. The van der Waals surface area contributed by atoms with E-state index < -0.39 is 29.2 Å². The van der Waals surface area contributed by atoms with Gasteiger partial charge in [0.05, 0.1) is 11.5 Å². The summed E-state index contributed by atoms with van der Waals surface area (Å²) in [5.41, 5.74) is 1.31. The molecule has 6 nitrogen and oxygen atoms in total.